The Bertz CT molecular complexity index is 1790. The van der Waals surface area contributed by atoms with Gasteiger partial charge < -0.3 is 19.9 Å². The van der Waals surface area contributed by atoms with Crippen molar-refractivity contribution in [1.29, 1.82) is 0 Å². The van der Waals surface area contributed by atoms with E-state index in [4.69, 9.17) is 19.9 Å². The van der Waals surface area contributed by atoms with Crippen LogP contribution < -0.4 is 41.3 Å². The molecule has 0 saturated carbocycles. The molecule has 0 amide bonds. The number of hydrogen-bond donors (Lipinski definition) is 0. The summed E-state index contributed by atoms with van der Waals surface area (Å²) in [4.78, 5) is 19.8. The van der Waals surface area contributed by atoms with Gasteiger partial charge in [0, 0.05) is 17.1 Å². The van der Waals surface area contributed by atoms with E-state index in [1.54, 1.807) is 0 Å². The van der Waals surface area contributed by atoms with Crippen molar-refractivity contribution in [2.45, 2.75) is 0 Å². The van der Waals surface area contributed by atoms with Crippen LogP contribution in [0.15, 0.2) is 109 Å². The van der Waals surface area contributed by atoms with Gasteiger partial charge in [-0.15, -0.1) is 44.2 Å². The Morgan fingerprint density at radius 3 is 1.24 bits per heavy atom. The second-order valence-corrected chi connectivity index (χ2v) is 8.79. The Morgan fingerprint density at radius 1 is 0.378 bits per heavy atom. The zero-order valence-corrected chi connectivity index (χ0v) is 20.6. The van der Waals surface area contributed by atoms with Crippen molar-refractivity contribution in [2.75, 3.05) is 0 Å². The summed E-state index contributed by atoms with van der Waals surface area (Å²) in [6, 6.07) is 37.0. The van der Waals surface area contributed by atoms with Crippen LogP contribution in [-0.4, -0.2) is 0 Å². The minimum atomic E-state index is 0. The van der Waals surface area contributed by atoms with Crippen molar-refractivity contribution in [3.05, 3.63) is 164 Å². The van der Waals surface area contributed by atoms with Crippen molar-refractivity contribution < 1.29 is 17.1 Å². The molecule has 1 aliphatic heterocycles. The number of rotatable bonds is 2. The summed E-state index contributed by atoms with van der Waals surface area (Å²) in [7, 11) is 0. The molecule has 1 radical (unpaired) electrons. The SMILES string of the molecule is C1=c2/cc/c([n-]2)=C(\c2ccccc2)c2ccc([n-]2)/C=c2/cc/c([n-]2)=C(\c2ccccc2)c2ccc/1[n-]2.[Cu]. The molecular formula is C32H20CuN4-4. The van der Waals surface area contributed by atoms with Crippen molar-refractivity contribution in [2.24, 2.45) is 0 Å². The Morgan fingerprint density at radius 2 is 0.811 bits per heavy atom. The van der Waals surface area contributed by atoms with E-state index in [0.717, 1.165) is 66.4 Å². The van der Waals surface area contributed by atoms with Crippen molar-refractivity contribution in [1.82, 2.24) is 19.9 Å². The Balaban J connectivity index is 0.00000252. The van der Waals surface area contributed by atoms with Crippen LogP contribution >= 0.6 is 0 Å². The molecular weight excluding hydrogens is 504 g/mol. The van der Waals surface area contributed by atoms with Gasteiger partial charge in [0.1, 0.15) is 0 Å². The Hall–Kier alpha value is -4.44. The molecule has 0 fully saturated rings. The van der Waals surface area contributed by atoms with E-state index >= 15 is 0 Å². The third-order valence-corrected chi connectivity index (χ3v) is 6.39. The third-order valence-electron chi connectivity index (χ3n) is 6.39. The molecule has 37 heavy (non-hydrogen) atoms. The minimum Gasteiger partial charge on any atom is -0.657 e. The molecule has 2 aromatic carbocycles. The van der Waals surface area contributed by atoms with Crippen LogP contribution in [0.4, 0.5) is 0 Å². The van der Waals surface area contributed by atoms with Crippen LogP contribution in [0, 0.1) is 0 Å². The first-order valence-corrected chi connectivity index (χ1v) is 11.9. The van der Waals surface area contributed by atoms with Gasteiger partial charge in [-0.1, -0.05) is 121 Å². The van der Waals surface area contributed by atoms with E-state index in [9.17, 15) is 0 Å². The summed E-state index contributed by atoms with van der Waals surface area (Å²) in [6.07, 6.45) is 4.04. The molecule has 7 rings (SSSR count). The average molecular weight is 524 g/mol. The predicted molar refractivity (Wildman–Crippen MR) is 141 cm³/mol. The summed E-state index contributed by atoms with van der Waals surface area (Å²) in [5, 5.41) is 3.51. The molecule has 4 aromatic heterocycles. The first kappa shape index (κ1) is 23.0. The Labute approximate surface area is 224 Å². The molecule has 0 spiro atoms. The maximum Gasteiger partial charge on any atom is 0 e. The predicted octanol–water partition coefficient (Wildman–Crippen LogP) is 1.98. The second kappa shape index (κ2) is 9.55. The van der Waals surface area contributed by atoms with Crippen LogP contribution in [0.5, 0.6) is 0 Å². The van der Waals surface area contributed by atoms with Gasteiger partial charge in [0.2, 0.25) is 0 Å². The van der Waals surface area contributed by atoms with E-state index in [-0.39, 0.29) is 17.1 Å². The van der Waals surface area contributed by atoms with Gasteiger partial charge in [0.05, 0.1) is 0 Å². The summed E-state index contributed by atoms with van der Waals surface area (Å²) in [5.41, 5.74) is 7.69. The van der Waals surface area contributed by atoms with E-state index < -0.39 is 0 Å². The molecule has 0 saturated heterocycles. The molecule has 1 aliphatic rings. The summed E-state index contributed by atoms with van der Waals surface area (Å²) < 4.78 is 0. The van der Waals surface area contributed by atoms with Gasteiger partial charge >= 0.3 is 0 Å². The van der Waals surface area contributed by atoms with E-state index in [0.29, 0.717) is 0 Å². The number of benzene rings is 2. The van der Waals surface area contributed by atoms with Gasteiger partial charge in [-0.3, -0.25) is 0 Å². The molecule has 4 nitrogen and oxygen atoms in total. The van der Waals surface area contributed by atoms with E-state index in [1.807, 2.05) is 72.8 Å². The third kappa shape index (κ3) is 4.36. The Kier molecular flexibility index (Phi) is 5.93. The van der Waals surface area contributed by atoms with Crippen LogP contribution in [0.25, 0.3) is 23.3 Å². The molecule has 5 heteroatoms. The van der Waals surface area contributed by atoms with Gasteiger partial charge in [-0.25, -0.2) is 0 Å². The first-order valence-electron chi connectivity index (χ1n) is 11.9. The van der Waals surface area contributed by atoms with Gasteiger partial charge in [-0.05, 0) is 22.3 Å². The molecule has 8 bridgehead atoms. The van der Waals surface area contributed by atoms with Crippen LogP contribution in [0.1, 0.15) is 33.9 Å². The molecule has 6 aromatic rings. The fraction of sp³-hybridized carbons (Fsp3) is 0. The minimum absolute atomic E-state index is 0. The number of aromatic nitrogens is 4. The quantitative estimate of drug-likeness (QED) is 0.325. The van der Waals surface area contributed by atoms with Crippen molar-refractivity contribution in [3.63, 3.8) is 0 Å². The number of hydrogen-bond acceptors (Lipinski definition) is 0. The summed E-state index contributed by atoms with van der Waals surface area (Å²) in [6.45, 7) is 0. The zero-order chi connectivity index (χ0) is 23.9. The average Bonchev–Trinajstić information content (AvgIpc) is 3.72. The molecule has 0 N–H and O–H groups in total. The van der Waals surface area contributed by atoms with Crippen LogP contribution in [0.2, 0.25) is 0 Å². The zero-order valence-electron chi connectivity index (χ0n) is 19.6. The van der Waals surface area contributed by atoms with Crippen molar-refractivity contribution in [3.8, 4) is 0 Å². The number of fused-ring (bicyclic) bond motifs is 8. The molecule has 0 aliphatic carbocycles. The summed E-state index contributed by atoms with van der Waals surface area (Å²) in [5.74, 6) is 0. The van der Waals surface area contributed by atoms with Crippen molar-refractivity contribution >= 4 is 23.3 Å². The van der Waals surface area contributed by atoms with Gasteiger partial charge in [-0.2, -0.15) is 0 Å². The second-order valence-electron chi connectivity index (χ2n) is 8.79. The van der Waals surface area contributed by atoms with E-state index in [2.05, 4.69) is 48.5 Å². The standard InChI is InChI=1S/C32H20N4.Cu/c1-3-7-21(8-4-1)31-27-15-11-23(33-27)19-25-13-17-29(35-25)32(22-9-5-2-6-10-22)30-18-14-26(36-30)20-24-12-16-28(31)34-24;/h1-20H;/q-4;/b23-19-,24-20?,25-19?,26-20-,31-27-,31-28?,32-29?,32-30-;. The largest absolute Gasteiger partial charge is 0.657 e. The first-order chi connectivity index (χ1) is 17.8. The molecule has 0 atom stereocenters. The summed E-state index contributed by atoms with van der Waals surface area (Å²) >= 11 is 0. The molecule has 183 valence electrons. The molecule has 0 unspecified atom stereocenters. The van der Waals surface area contributed by atoms with Crippen LogP contribution in [0.3, 0.4) is 0 Å². The maximum absolute atomic E-state index is 4.95. The van der Waals surface area contributed by atoms with Crippen LogP contribution in [-0.2, 0) is 17.1 Å². The smallest absolute Gasteiger partial charge is 0 e. The van der Waals surface area contributed by atoms with E-state index in [1.165, 1.54) is 0 Å². The fourth-order valence-corrected chi connectivity index (χ4v) is 4.76. The monoisotopic (exact) mass is 523 g/mol. The topological polar surface area (TPSA) is 56.4 Å². The molecule has 5 heterocycles. The maximum atomic E-state index is 4.95. The number of nitrogens with zero attached hydrogens (tertiary/aromatic N) is 4. The fourth-order valence-electron chi connectivity index (χ4n) is 4.76. The van der Waals surface area contributed by atoms with Gasteiger partial charge in [0.25, 0.3) is 0 Å². The normalized spacial score (nSPS) is 17.2. The van der Waals surface area contributed by atoms with Gasteiger partial charge in [0.15, 0.2) is 0 Å².